The maximum Gasteiger partial charge on any atom is 0.424 e. The Morgan fingerprint density at radius 2 is 0.857 bits per heavy atom. The molecule has 0 spiro atoms. The lowest BCUT2D eigenvalue weighted by molar-refractivity contribution is 0.198. The molecular formula is C30H30ClO3P. The quantitative estimate of drug-likeness (QED) is 0.182. The number of hydrogen-bond donors (Lipinski definition) is 0. The molecule has 5 heteroatoms. The minimum Gasteiger partial charge on any atom is -0.296 e. The largest absolute Gasteiger partial charge is 0.424 e. The second-order valence-electron chi connectivity index (χ2n) is 8.62. The normalized spacial score (nSPS) is 14.7. The van der Waals surface area contributed by atoms with Gasteiger partial charge in [-0.05, 0) is 35.1 Å². The number of halogens is 1. The van der Waals surface area contributed by atoms with Crippen LogP contribution in [0.3, 0.4) is 0 Å². The van der Waals surface area contributed by atoms with Crippen LogP contribution in [-0.4, -0.2) is 13.2 Å². The highest BCUT2D eigenvalue weighted by atomic mass is 35.7. The van der Waals surface area contributed by atoms with Crippen molar-refractivity contribution in [1.82, 2.24) is 0 Å². The van der Waals surface area contributed by atoms with Crippen molar-refractivity contribution in [2.24, 2.45) is 0 Å². The number of hydrogen-bond acceptors (Lipinski definition) is 3. The first kappa shape index (κ1) is 25.4. The van der Waals surface area contributed by atoms with Crippen LogP contribution >= 0.6 is 18.2 Å². The van der Waals surface area contributed by atoms with Crippen molar-refractivity contribution in [2.75, 3.05) is 13.2 Å². The average Bonchev–Trinajstić information content (AvgIpc) is 2.91. The Morgan fingerprint density at radius 3 is 1.20 bits per heavy atom. The average molecular weight is 505 g/mol. The molecular weight excluding hydrogens is 475 g/mol. The Hall–Kier alpha value is -2.68. The molecule has 0 aromatic heterocycles. The predicted octanol–water partition coefficient (Wildman–Crippen LogP) is 8.42. The van der Waals surface area contributed by atoms with Gasteiger partial charge in [0.2, 0.25) is 0 Å². The zero-order valence-corrected chi connectivity index (χ0v) is 21.2. The first-order valence-electron chi connectivity index (χ1n) is 11.9. The van der Waals surface area contributed by atoms with Crippen LogP contribution in [0.25, 0.3) is 0 Å². The van der Waals surface area contributed by atoms with E-state index in [0.717, 1.165) is 24.0 Å². The van der Waals surface area contributed by atoms with Gasteiger partial charge in [-0.3, -0.25) is 9.05 Å². The van der Waals surface area contributed by atoms with Crippen LogP contribution in [0.2, 0.25) is 0 Å². The summed E-state index contributed by atoms with van der Waals surface area (Å²) in [7, 11) is 0. The fraction of sp³-hybridized carbons (Fsp3) is 0.200. The number of rotatable bonds is 12. The lowest BCUT2D eigenvalue weighted by atomic mass is 9.93. The number of benzene rings is 4. The molecule has 3 nitrogen and oxygen atoms in total. The molecule has 0 aliphatic carbocycles. The molecule has 0 saturated carbocycles. The smallest absolute Gasteiger partial charge is 0.296 e. The summed E-state index contributed by atoms with van der Waals surface area (Å²) in [6.07, 6.45) is 1.50. The Kier molecular flexibility index (Phi) is 9.34. The van der Waals surface area contributed by atoms with Crippen molar-refractivity contribution in [2.45, 2.75) is 24.7 Å². The lowest BCUT2D eigenvalue weighted by Crippen LogP contribution is -2.13. The summed E-state index contributed by atoms with van der Waals surface area (Å²) in [6, 6.07) is 40.6. The van der Waals surface area contributed by atoms with Crippen molar-refractivity contribution in [3.8, 4) is 0 Å². The zero-order valence-electron chi connectivity index (χ0n) is 19.6. The van der Waals surface area contributed by atoms with Crippen molar-refractivity contribution in [3.05, 3.63) is 144 Å². The maximum atomic E-state index is 13.1. The zero-order chi connectivity index (χ0) is 24.3. The third-order valence-corrected chi connectivity index (χ3v) is 7.55. The van der Waals surface area contributed by atoms with E-state index in [1.165, 1.54) is 11.1 Å². The predicted molar refractivity (Wildman–Crippen MR) is 144 cm³/mol. The van der Waals surface area contributed by atoms with Gasteiger partial charge in [0.05, 0.1) is 13.2 Å². The van der Waals surface area contributed by atoms with Crippen LogP contribution in [0.4, 0.5) is 0 Å². The summed E-state index contributed by atoms with van der Waals surface area (Å²) >= 11 is 6.32. The molecule has 0 fully saturated rings. The van der Waals surface area contributed by atoms with Gasteiger partial charge in [0, 0.05) is 23.1 Å². The van der Waals surface area contributed by atoms with Gasteiger partial charge in [-0.15, -0.1) is 0 Å². The van der Waals surface area contributed by atoms with E-state index in [1.807, 2.05) is 72.8 Å². The van der Waals surface area contributed by atoms with Gasteiger partial charge in [0.25, 0.3) is 0 Å². The van der Waals surface area contributed by atoms with Crippen LogP contribution in [0.15, 0.2) is 121 Å². The van der Waals surface area contributed by atoms with Gasteiger partial charge in [0.1, 0.15) is 0 Å². The Bertz CT molecular complexity index is 1090. The summed E-state index contributed by atoms with van der Waals surface area (Å²) in [6.45, 7) is -3.37. The van der Waals surface area contributed by atoms with Crippen molar-refractivity contribution in [1.29, 1.82) is 0 Å². The molecule has 4 aromatic carbocycles. The highest BCUT2D eigenvalue weighted by Crippen LogP contribution is 2.55. The van der Waals surface area contributed by atoms with Gasteiger partial charge in [-0.1, -0.05) is 121 Å². The van der Waals surface area contributed by atoms with Gasteiger partial charge in [-0.25, -0.2) is 4.57 Å². The molecule has 0 bridgehead atoms. The second-order valence-corrected chi connectivity index (χ2v) is 11.2. The van der Waals surface area contributed by atoms with Crippen LogP contribution < -0.4 is 0 Å². The second kappa shape index (κ2) is 12.9. The molecule has 0 heterocycles. The molecule has 0 aliphatic rings. The standard InChI is InChI=1S/C30H30ClO3P/c31-35(32,33-23-29(27-17-9-3-10-18-27)21-25-13-5-1-6-14-25)34-24-30(28-19-11-4-12-20-28)22-26-15-7-2-8-16-26/h1-20,29-30H,21-24H2. The summed E-state index contributed by atoms with van der Waals surface area (Å²) in [5.41, 5.74) is 4.59. The molecule has 0 radical (unpaired) electrons. The topological polar surface area (TPSA) is 35.5 Å². The molecule has 4 aromatic rings. The third-order valence-electron chi connectivity index (χ3n) is 6.05. The van der Waals surface area contributed by atoms with E-state index in [4.69, 9.17) is 20.3 Å². The Balaban J connectivity index is 1.42. The fourth-order valence-electron chi connectivity index (χ4n) is 4.19. The van der Waals surface area contributed by atoms with E-state index >= 15 is 0 Å². The molecule has 0 amide bonds. The van der Waals surface area contributed by atoms with Crippen LogP contribution in [-0.2, 0) is 26.5 Å². The van der Waals surface area contributed by atoms with E-state index in [1.54, 1.807) is 0 Å². The SMILES string of the molecule is O=P(Cl)(OCC(Cc1ccccc1)c1ccccc1)OCC(Cc1ccccc1)c1ccccc1. The monoisotopic (exact) mass is 504 g/mol. The van der Waals surface area contributed by atoms with E-state index in [2.05, 4.69) is 48.5 Å². The highest BCUT2D eigenvalue weighted by Gasteiger charge is 2.26. The molecule has 35 heavy (non-hydrogen) atoms. The first-order valence-corrected chi connectivity index (χ1v) is 14.3. The summed E-state index contributed by atoms with van der Waals surface area (Å²) in [4.78, 5) is 0. The van der Waals surface area contributed by atoms with E-state index in [9.17, 15) is 4.57 Å². The lowest BCUT2D eigenvalue weighted by Gasteiger charge is -2.22. The molecule has 4 rings (SSSR count). The Labute approximate surface area is 213 Å². The van der Waals surface area contributed by atoms with Gasteiger partial charge >= 0.3 is 6.95 Å². The molecule has 2 unspecified atom stereocenters. The third kappa shape index (κ3) is 8.19. The summed E-state index contributed by atoms with van der Waals surface area (Å²) < 4.78 is 24.6. The molecule has 0 N–H and O–H groups in total. The maximum absolute atomic E-state index is 13.1. The molecule has 180 valence electrons. The highest BCUT2D eigenvalue weighted by molar-refractivity contribution is 7.81. The van der Waals surface area contributed by atoms with Gasteiger partial charge in [0.15, 0.2) is 0 Å². The van der Waals surface area contributed by atoms with E-state index < -0.39 is 6.95 Å². The fourth-order valence-corrected chi connectivity index (χ4v) is 5.32. The summed E-state index contributed by atoms with van der Waals surface area (Å²) in [5.74, 6) is 0.00651. The minimum atomic E-state index is -3.78. The van der Waals surface area contributed by atoms with Gasteiger partial charge < -0.3 is 0 Å². The molecule has 0 saturated heterocycles. The van der Waals surface area contributed by atoms with Crippen molar-refractivity contribution in [3.63, 3.8) is 0 Å². The molecule has 0 aliphatic heterocycles. The Morgan fingerprint density at radius 1 is 0.543 bits per heavy atom. The van der Waals surface area contributed by atoms with Crippen molar-refractivity contribution < 1.29 is 13.6 Å². The van der Waals surface area contributed by atoms with E-state index in [0.29, 0.717) is 0 Å². The minimum absolute atomic E-state index is 0.00325. The van der Waals surface area contributed by atoms with Crippen LogP contribution in [0.5, 0.6) is 0 Å². The van der Waals surface area contributed by atoms with Crippen LogP contribution in [0, 0.1) is 0 Å². The molecule has 2 atom stereocenters. The summed E-state index contributed by atoms with van der Waals surface area (Å²) in [5, 5.41) is 0. The first-order chi connectivity index (χ1) is 17.1. The van der Waals surface area contributed by atoms with Gasteiger partial charge in [-0.2, -0.15) is 0 Å². The van der Waals surface area contributed by atoms with E-state index in [-0.39, 0.29) is 25.0 Å². The van der Waals surface area contributed by atoms with Crippen molar-refractivity contribution >= 4 is 18.2 Å². The van der Waals surface area contributed by atoms with Crippen LogP contribution in [0.1, 0.15) is 34.1 Å².